The first-order chi connectivity index (χ1) is 12.5. The van der Waals surface area contributed by atoms with Gasteiger partial charge in [0.2, 0.25) is 0 Å². The molecule has 0 spiro atoms. The molecule has 1 heterocycles. The van der Waals surface area contributed by atoms with E-state index < -0.39 is 5.82 Å². The van der Waals surface area contributed by atoms with Crippen LogP contribution in [0.25, 0.3) is 0 Å². The van der Waals surface area contributed by atoms with Crippen molar-refractivity contribution in [2.24, 2.45) is 4.99 Å². The summed E-state index contributed by atoms with van der Waals surface area (Å²) in [6.07, 6.45) is -0.0316. The fraction of sp³-hybridized carbons (Fsp3) is 0.389. The molecule has 0 saturated heterocycles. The molecule has 1 aromatic carbocycles. The number of hydrogen-bond acceptors (Lipinski definition) is 5. The molecule has 1 atom stereocenters. The van der Waals surface area contributed by atoms with Crippen LogP contribution >= 0.6 is 11.3 Å². The van der Waals surface area contributed by atoms with E-state index in [4.69, 9.17) is 10.00 Å². The number of benzene rings is 1. The maximum atomic E-state index is 14.0. The normalized spacial score (nSPS) is 12.5. The third-order valence-electron chi connectivity index (χ3n) is 3.86. The van der Waals surface area contributed by atoms with Crippen molar-refractivity contribution in [3.8, 4) is 6.07 Å². The second-order valence-electron chi connectivity index (χ2n) is 5.73. The van der Waals surface area contributed by atoms with E-state index in [1.54, 1.807) is 37.6 Å². The van der Waals surface area contributed by atoms with E-state index in [2.05, 4.69) is 15.3 Å². The molecule has 6 nitrogen and oxygen atoms in total. The van der Waals surface area contributed by atoms with E-state index in [9.17, 15) is 4.39 Å². The molecule has 2 aromatic rings. The average Bonchev–Trinajstić information content (AvgIpc) is 3.11. The lowest BCUT2D eigenvalue weighted by molar-refractivity contribution is 0.119. The summed E-state index contributed by atoms with van der Waals surface area (Å²) in [4.78, 5) is 10.7. The molecule has 0 aliphatic carbocycles. The second kappa shape index (κ2) is 9.27. The molecular weight excluding hydrogens is 353 g/mol. The van der Waals surface area contributed by atoms with Gasteiger partial charge in [0, 0.05) is 38.7 Å². The Labute approximate surface area is 157 Å². The highest BCUT2D eigenvalue weighted by atomic mass is 32.1. The summed E-state index contributed by atoms with van der Waals surface area (Å²) in [5.74, 6) is 0.218. The minimum atomic E-state index is -0.410. The lowest BCUT2D eigenvalue weighted by Gasteiger charge is -2.21. The van der Waals surface area contributed by atoms with Crippen LogP contribution < -0.4 is 5.32 Å². The molecule has 26 heavy (non-hydrogen) atoms. The number of nitrogens with zero attached hydrogens (tertiary/aromatic N) is 4. The molecule has 2 rings (SSSR count). The van der Waals surface area contributed by atoms with E-state index in [0.29, 0.717) is 23.6 Å². The van der Waals surface area contributed by atoms with Gasteiger partial charge in [-0.05, 0) is 19.1 Å². The molecule has 1 unspecified atom stereocenters. The molecule has 8 heteroatoms. The molecule has 0 amide bonds. The van der Waals surface area contributed by atoms with Crippen LogP contribution in [0.1, 0.15) is 34.9 Å². The van der Waals surface area contributed by atoms with E-state index in [1.165, 1.54) is 6.07 Å². The summed E-state index contributed by atoms with van der Waals surface area (Å²) in [5, 5.41) is 14.9. The van der Waals surface area contributed by atoms with Gasteiger partial charge in [0.25, 0.3) is 0 Å². The first kappa shape index (κ1) is 19.8. The number of thiazole rings is 1. The number of rotatable bonds is 6. The smallest absolute Gasteiger partial charge is 0.194 e. The van der Waals surface area contributed by atoms with Gasteiger partial charge in [-0.1, -0.05) is 6.07 Å². The minimum Gasteiger partial charge on any atom is -0.375 e. The van der Waals surface area contributed by atoms with Crippen molar-refractivity contribution in [1.29, 1.82) is 5.26 Å². The second-order valence-corrected chi connectivity index (χ2v) is 6.62. The summed E-state index contributed by atoms with van der Waals surface area (Å²) in [6.45, 7) is 2.80. The van der Waals surface area contributed by atoms with Crippen molar-refractivity contribution in [3.63, 3.8) is 0 Å². The summed E-state index contributed by atoms with van der Waals surface area (Å²) < 4.78 is 19.3. The Morgan fingerprint density at radius 1 is 1.54 bits per heavy atom. The maximum absolute atomic E-state index is 14.0. The van der Waals surface area contributed by atoms with Crippen LogP contribution in [0.3, 0.4) is 0 Å². The van der Waals surface area contributed by atoms with Crippen LogP contribution in [0.4, 0.5) is 4.39 Å². The van der Waals surface area contributed by atoms with Gasteiger partial charge >= 0.3 is 0 Å². The molecule has 1 aromatic heterocycles. The molecule has 138 valence electrons. The number of aliphatic imine (C=N–C) groups is 1. The van der Waals surface area contributed by atoms with Gasteiger partial charge in [-0.15, -0.1) is 11.3 Å². The Hall–Kier alpha value is -2.50. The predicted molar refractivity (Wildman–Crippen MR) is 100 cm³/mol. The van der Waals surface area contributed by atoms with Crippen LogP contribution in [-0.4, -0.2) is 37.0 Å². The quantitative estimate of drug-likeness (QED) is 0.620. The van der Waals surface area contributed by atoms with Gasteiger partial charge in [0.05, 0.1) is 23.9 Å². The number of nitriles is 1. The van der Waals surface area contributed by atoms with E-state index >= 15 is 0 Å². The highest BCUT2D eigenvalue weighted by Crippen LogP contribution is 2.21. The van der Waals surface area contributed by atoms with Gasteiger partial charge in [-0.2, -0.15) is 5.26 Å². The lowest BCUT2D eigenvalue weighted by atomic mass is 10.1. The largest absolute Gasteiger partial charge is 0.375 e. The van der Waals surface area contributed by atoms with Crippen molar-refractivity contribution in [2.45, 2.75) is 26.1 Å². The van der Waals surface area contributed by atoms with Gasteiger partial charge in [0.1, 0.15) is 16.9 Å². The Bertz CT molecular complexity index is 814. The topological polar surface area (TPSA) is 73.5 Å². The lowest BCUT2D eigenvalue weighted by Crippen LogP contribution is -2.38. The first-order valence-electron chi connectivity index (χ1n) is 8.05. The third-order valence-corrected chi connectivity index (χ3v) is 4.92. The Morgan fingerprint density at radius 3 is 2.92 bits per heavy atom. The Balaban J connectivity index is 1.98. The van der Waals surface area contributed by atoms with Crippen LogP contribution in [0, 0.1) is 17.1 Å². The average molecular weight is 375 g/mol. The van der Waals surface area contributed by atoms with Gasteiger partial charge in [0.15, 0.2) is 5.96 Å². The summed E-state index contributed by atoms with van der Waals surface area (Å²) >= 11 is 1.56. The fourth-order valence-electron chi connectivity index (χ4n) is 2.32. The van der Waals surface area contributed by atoms with Crippen molar-refractivity contribution in [1.82, 2.24) is 15.2 Å². The van der Waals surface area contributed by atoms with Crippen LogP contribution in [0.15, 0.2) is 28.6 Å². The maximum Gasteiger partial charge on any atom is 0.194 e. The highest BCUT2D eigenvalue weighted by molar-refractivity contribution is 7.09. The van der Waals surface area contributed by atoms with Gasteiger partial charge in [-0.25, -0.2) is 9.37 Å². The predicted octanol–water partition coefficient (Wildman–Crippen LogP) is 3.07. The molecule has 0 radical (unpaired) electrons. The van der Waals surface area contributed by atoms with E-state index in [-0.39, 0.29) is 12.6 Å². The zero-order valence-corrected chi connectivity index (χ0v) is 16.1. The number of guanidine groups is 1. The number of ether oxygens (including phenoxy) is 1. The number of aromatic nitrogens is 1. The Morgan fingerprint density at radius 2 is 2.31 bits per heavy atom. The van der Waals surface area contributed by atoms with Crippen LogP contribution in [0.5, 0.6) is 0 Å². The minimum absolute atomic E-state index is 0.0316. The zero-order valence-electron chi connectivity index (χ0n) is 15.3. The fourth-order valence-corrected chi connectivity index (χ4v) is 3.16. The summed E-state index contributed by atoms with van der Waals surface area (Å²) in [7, 11) is 5.22. The number of hydrogen-bond donors (Lipinski definition) is 1. The van der Waals surface area contributed by atoms with Crippen molar-refractivity contribution in [3.05, 3.63) is 51.2 Å². The number of methoxy groups -OCH3 is 1. The van der Waals surface area contributed by atoms with Gasteiger partial charge in [-0.3, -0.25) is 4.99 Å². The van der Waals surface area contributed by atoms with Crippen LogP contribution in [0.2, 0.25) is 0 Å². The molecule has 0 fully saturated rings. The van der Waals surface area contributed by atoms with Crippen molar-refractivity contribution in [2.75, 3.05) is 21.2 Å². The van der Waals surface area contributed by atoms with Crippen molar-refractivity contribution < 1.29 is 9.13 Å². The zero-order chi connectivity index (χ0) is 19.1. The third kappa shape index (κ3) is 5.00. The van der Waals surface area contributed by atoms with Crippen LogP contribution in [-0.2, 0) is 17.8 Å². The molecule has 0 aliphatic rings. The van der Waals surface area contributed by atoms with E-state index in [0.717, 1.165) is 10.7 Å². The van der Waals surface area contributed by atoms with E-state index in [1.807, 2.05) is 30.3 Å². The number of nitrogens with one attached hydrogen (secondary N) is 1. The van der Waals surface area contributed by atoms with Crippen molar-refractivity contribution >= 4 is 17.3 Å². The molecule has 0 aliphatic heterocycles. The SMILES string of the molecule is CN=C(NCc1ccc(C#N)cc1F)N(C)Cc1csc(C(C)OC)n1. The Kier molecular flexibility index (Phi) is 7.06. The standard InChI is InChI=1S/C18H22FN5OS/c1-12(25-4)17-23-15(11-26-17)10-24(3)18(21-2)22-9-14-6-5-13(8-20)7-16(14)19/h5-7,11-12H,9-10H2,1-4H3,(H,21,22). The number of halogens is 1. The first-order valence-corrected chi connectivity index (χ1v) is 8.93. The summed E-state index contributed by atoms with van der Waals surface area (Å²) in [6, 6.07) is 6.36. The molecule has 0 saturated carbocycles. The van der Waals surface area contributed by atoms with Gasteiger partial charge < -0.3 is 15.0 Å². The summed E-state index contributed by atoms with van der Waals surface area (Å²) in [5.41, 5.74) is 1.70. The molecule has 1 N–H and O–H groups in total. The highest BCUT2D eigenvalue weighted by Gasteiger charge is 2.13. The molecule has 0 bridgehead atoms. The monoisotopic (exact) mass is 375 g/mol. The molecular formula is C18H22FN5OS.